The van der Waals surface area contributed by atoms with E-state index in [-0.39, 0.29) is 0 Å². The molecule has 1 aliphatic carbocycles. The number of hydrogen-bond acceptors (Lipinski definition) is 2. The van der Waals surface area contributed by atoms with Crippen LogP contribution in [-0.4, -0.2) is 11.5 Å². The van der Waals surface area contributed by atoms with Gasteiger partial charge in [0.15, 0.2) is 0 Å². The van der Waals surface area contributed by atoms with Crippen molar-refractivity contribution in [2.75, 3.05) is 6.61 Å². The number of benzene rings is 1. The molecule has 0 saturated heterocycles. The maximum atomic E-state index is 6.00. The van der Waals surface area contributed by atoms with E-state index in [1.807, 2.05) is 0 Å². The summed E-state index contributed by atoms with van der Waals surface area (Å²) in [7, 11) is 0. The molecule has 1 aliphatic rings. The van der Waals surface area contributed by atoms with Crippen LogP contribution < -0.4 is 4.74 Å². The van der Waals surface area contributed by atoms with Crippen molar-refractivity contribution in [2.45, 2.75) is 39.0 Å². The molecule has 0 amide bonds. The molecule has 0 N–H and O–H groups in total. The predicted octanol–water partition coefficient (Wildman–Crippen LogP) is 6.51. The highest BCUT2D eigenvalue weighted by atomic mass is 35.5. The lowest BCUT2D eigenvalue weighted by Crippen LogP contribution is -2.21. The van der Waals surface area contributed by atoms with E-state index in [1.54, 1.807) is 18.2 Å². The summed E-state index contributed by atoms with van der Waals surface area (Å²) in [5, 5.41) is 1.19. The van der Waals surface area contributed by atoms with E-state index >= 15 is 0 Å². The average Bonchev–Trinajstić information content (AvgIpc) is 2.81. The molecule has 0 heterocycles. The third-order valence-corrected chi connectivity index (χ3v) is 5.01. The number of allylic oxidation sites excluding steroid dienone is 2. The second kappa shape index (κ2) is 8.90. The smallest absolute Gasteiger partial charge is 0.122 e. The SMILES string of the molecule is CCC/C=C\C[C@H]1CCC(=S)[C@@H]1COc1cc(Cl)cc(Cl)c1. The quantitative estimate of drug-likeness (QED) is 0.406. The average molecular weight is 357 g/mol. The fraction of sp³-hybridized carbons (Fsp3) is 0.500. The Labute approximate surface area is 148 Å². The second-order valence-corrected chi connectivity index (χ2v) is 7.18. The molecular weight excluding hydrogens is 335 g/mol. The molecular formula is C18H22Cl2OS. The molecule has 1 saturated carbocycles. The van der Waals surface area contributed by atoms with Crippen LogP contribution in [0.1, 0.15) is 39.0 Å². The molecule has 22 heavy (non-hydrogen) atoms. The van der Waals surface area contributed by atoms with Crippen molar-refractivity contribution in [2.24, 2.45) is 11.8 Å². The topological polar surface area (TPSA) is 9.23 Å². The first-order valence-corrected chi connectivity index (χ1v) is 9.03. The first-order valence-electron chi connectivity index (χ1n) is 7.86. The first-order chi connectivity index (χ1) is 10.6. The predicted molar refractivity (Wildman–Crippen MR) is 99.4 cm³/mol. The lowest BCUT2D eigenvalue weighted by atomic mass is 9.93. The lowest BCUT2D eigenvalue weighted by molar-refractivity contribution is 0.249. The highest BCUT2D eigenvalue weighted by Crippen LogP contribution is 2.34. The fourth-order valence-electron chi connectivity index (χ4n) is 2.84. The molecule has 2 atom stereocenters. The van der Waals surface area contributed by atoms with E-state index < -0.39 is 0 Å². The number of ether oxygens (including phenoxy) is 1. The van der Waals surface area contributed by atoms with Crippen LogP contribution in [-0.2, 0) is 0 Å². The van der Waals surface area contributed by atoms with Gasteiger partial charge in [-0.25, -0.2) is 0 Å². The van der Waals surface area contributed by atoms with Crippen molar-refractivity contribution < 1.29 is 4.74 Å². The summed E-state index contributed by atoms with van der Waals surface area (Å²) in [6, 6.07) is 5.29. The Balaban J connectivity index is 1.92. The van der Waals surface area contributed by atoms with Gasteiger partial charge in [-0.3, -0.25) is 0 Å². The molecule has 0 aromatic heterocycles. The molecule has 0 aliphatic heterocycles. The second-order valence-electron chi connectivity index (χ2n) is 5.78. The summed E-state index contributed by atoms with van der Waals surface area (Å²) in [6.07, 6.45) is 10.2. The van der Waals surface area contributed by atoms with E-state index in [0.717, 1.165) is 24.1 Å². The number of thiocarbonyl (C=S) groups is 1. The Bertz CT molecular complexity index is 522. The maximum absolute atomic E-state index is 6.00. The van der Waals surface area contributed by atoms with Crippen LogP contribution in [0.5, 0.6) is 5.75 Å². The Kier molecular flexibility index (Phi) is 7.20. The molecule has 120 valence electrons. The highest BCUT2D eigenvalue weighted by molar-refractivity contribution is 7.80. The first kappa shape index (κ1) is 17.8. The van der Waals surface area contributed by atoms with Gasteiger partial charge < -0.3 is 4.74 Å². The monoisotopic (exact) mass is 356 g/mol. The number of rotatable bonds is 7. The Hall–Kier alpha value is -0.570. The third kappa shape index (κ3) is 5.26. The van der Waals surface area contributed by atoms with Crippen molar-refractivity contribution in [3.8, 4) is 5.75 Å². The summed E-state index contributed by atoms with van der Waals surface area (Å²) < 4.78 is 5.90. The van der Waals surface area contributed by atoms with Gasteiger partial charge in [0.1, 0.15) is 5.75 Å². The van der Waals surface area contributed by atoms with E-state index in [0.29, 0.717) is 34.2 Å². The van der Waals surface area contributed by atoms with E-state index in [4.69, 9.17) is 40.2 Å². The standard InChI is InChI=1S/C18H22Cl2OS/c1-2-3-4-5-6-13-7-8-18(22)17(13)12-21-16-10-14(19)9-15(20)11-16/h4-5,9-11,13,17H,2-3,6-8,12H2,1H3/b5-4-/t13-,17+/m0/s1. The van der Waals surface area contributed by atoms with E-state index in [1.165, 1.54) is 12.8 Å². The third-order valence-electron chi connectivity index (χ3n) is 4.07. The fourth-order valence-corrected chi connectivity index (χ4v) is 3.73. The van der Waals surface area contributed by atoms with Crippen LogP contribution in [0.15, 0.2) is 30.4 Å². The Morgan fingerprint density at radius 2 is 1.95 bits per heavy atom. The van der Waals surface area contributed by atoms with Crippen molar-refractivity contribution in [1.29, 1.82) is 0 Å². The van der Waals surface area contributed by atoms with Gasteiger partial charge in [0, 0.05) is 16.0 Å². The van der Waals surface area contributed by atoms with Crippen LogP contribution in [0.25, 0.3) is 0 Å². The highest BCUT2D eigenvalue weighted by Gasteiger charge is 2.31. The zero-order valence-electron chi connectivity index (χ0n) is 12.9. The number of halogens is 2. The molecule has 0 unspecified atom stereocenters. The van der Waals surface area contributed by atoms with Gasteiger partial charge >= 0.3 is 0 Å². The van der Waals surface area contributed by atoms with E-state index in [2.05, 4.69) is 19.1 Å². The minimum atomic E-state index is 0.346. The largest absolute Gasteiger partial charge is 0.493 e. The summed E-state index contributed by atoms with van der Waals surface area (Å²) in [5.41, 5.74) is 0. The Morgan fingerprint density at radius 1 is 1.23 bits per heavy atom. The molecule has 1 fully saturated rings. The summed E-state index contributed by atoms with van der Waals surface area (Å²) in [6.45, 7) is 2.81. The van der Waals surface area contributed by atoms with Crippen LogP contribution in [0.3, 0.4) is 0 Å². The molecule has 0 spiro atoms. The normalized spacial score (nSPS) is 21.7. The summed E-state index contributed by atoms with van der Waals surface area (Å²) >= 11 is 17.5. The molecule has 1 aromatic carbocycles. The Morgan fingerprint density at radius 3 is 2.64 bits per heavy atom. The van der Waals surface area contributed by atoms with Crippen LogP contribution in [0.2, 0.25) is 10.0 Å². The van der Waals surface area contributed by atoms with Gasteiger partial charge in [-0.05, 0) is 54.7 Å². The van der Waals surface area contributed by atoms with E-state index in [9.17, 15) is 0 Å². The minimum absolute atomic E-state index is 0.346. The van der Waals surface area contributed by atoms with Crippen LogP contribution in [0, 0.1) is 11.8 Å². The summed E-state index contributed by atoms with van der Waals surface area (Å²) in [4.78, 5) is 1.14. The maximum Gasteiger partial charge on any atom is 0.122 e. The summed E-state index contributed by atoms with van der Waals surface area (Å²) in [5.74, 6) is 1.65. The number of hydrogen-bond donors (Lipinski definition) is 0. The van der Waals surface area contributed by atoms with Crippen molar-refractivity contribution in [3.63, 3.8) is 0 Å². The zero-order chi connectivity index (χ0) is 15.9. The van der Waals surface area contributed by atoms with Gasteiger partial charge in [0.2, 0.25) is 0 Å². The molecule has 4 heteroatoms. The van der Waals surface area contributed by atoms with Gasteiger partial charge in [-0.2, -0.15) is 0 Å². The minimum Gasteiger partial charge on any atom is -0.493 e. The lowest BCUT2D eigenvalue weighted by Gasteiger charge is -2.19. The van der Waals surface area contributed by atoms with Gasteiger partial charge in [0.25, 0.3) is 0 Å². The van der Waals surface area contributed by atoms with Gasteiger partial charge in [-0.15, -0.1) is 0 Å². The van der Waals surface area contributed by atoms with Crippen molar-refractivity contribution >= 4 is 40.3 Å². The molecule has 1 nitrogen and oxygen atoms in total. The number of unbranched alkanes of at least 4 members (excludes halogenated alkanes) is 1. The van der Waals surface area contributed by atoms with Crippen molar-refractivity contribution in [3.05, 3.63) is 40.4 Å². The van der Waals surface area contributed by atoms with Crippen molar-refractivity contribution in [1.82, 2.24) is 0 Å². The zero-order valence-corrected chi connectivity index (χ0v) is 15.2. The van der Waals surface area contributed by atoms with Crippen LogP contribution in [0.4, 0.5) is 0 Å². The van der Waals surface area contributed by atoms with Gasteiger partial charge in [-0.1, -0.05) is 60.9 Å². The van der Waals surface area contributed by atoms with Gasteiger partial charge in [0.05, 0.1) is 6.61 Å². The molecule has 0 radical (unpaired) electrons. The molecule has 2 rings (SSSR count). The molecule has 1 aromatic rings. The molecule has 0 bridgehead atoms. The van der Waals surface area contributed by atoms with Crippen LogP contribution >= 0.6 is 35.4 Å².